The molecule has 4 rings (SSSR count). The summed E-state index contributed by atoms with van der Waals surface area (Å²) in [4.78, 5) is 31.8. The molecule has 0 aliphatic carbocycles. The summed E-state index contributed by atoms with van der Waals surface area (Å²) in [6.07, 6.45) is 2.76. The van der Waals surface area contributed by atoms with E-state index >= 15 is 0 Å². The minimum Gasteiger partial charge on any atom is -0.497 e. The van der Waals surface area contributed by atoms with E-state index in [1.807, 2.05) is 35.2 Å². The van der Waals surface area contributed by atoms with Crippen molar-refractivity contribution in [3.05, 3.63) is 70.8 Å². The Morgan fingerprint density at radius 1 is 1.19 bits per heavy atom. The van der Waals surface area contributed by atoms with E-state index in [1.54, 1.807) is 25.3 Å². The van der Waals surface area contributed by atoms with E-state index in [0.29, 0.717) is 49.0 Å². The number of fused-ring (bicyclic) bond motifs is 1. The first-order valence-electron chi connectivity index (χ1n) is 11.0. The normalized spacial score (nSPS) is 16.7. The van der Waals surface area contributed by atoms with Gasteiger partial charge in [0.25, 0.3) is 5.56 Å². The van der Waals surface area contributed by atoms with Crippen LogP contribution in [0.4, 0.5) is 0 Å². The van der Waals surface area contributed by atoms with Crippen molar-refractivity contribution in [3.63, 3.8) is 0 Å². The molecule has 1 aliphatic heterocycles. The zero-order valence-electron chi connectivity index (χ0n) is 18.5. The average Bonchev–Trinajstić information content (AvgIpc) is 2.81. The van der Waals surface area contributed by atoms with Crippen LogP contribution in [0.1, 0.15) is 37.7 Å². The second kappa shape index (κ2) is 9.12. The van der Waals surface area contributed by atoms with Gasteiger partial charge in [-0.25, -0.2) is 4.98 Å². The molecule has 0 saturated carbocycles. The summed E-state index contributed by atoms with van der Waals surface area (Å²) in [5, 5.41) is 11.6. The number of aliphatic hydroxyl groups is 1. The van der Waals surface area contributed by atoms with Crippen molar-refractivity contribution < 1.29 is 14.6 Å². The minimum absolute atomic E-state index is 0.0990. The van der Waals surface area contributed by atoms with Gasteiger partial charge in [-0.3, -0.25) is 14.2 Å². The third-order valence-corrected chi connectivity index (χ3v) is 6.39. The van der Waals surface area contributed by atoms with E-state index in [1.165, 1.54) is 10.9 Å². The van der Waals surface area contributed by atoms with Crippen LogP contribution in [0.15, 0.2) is 59.7 Å². The van der Waals surface area contributed by atoms with Gasteiger partial charge in [-0.2, -0.15) is 0 Å². The molecular formula is C25H29N3O4. The number of carbonyl (C=O) groups is 1. The maximum Gasteiger partial charge on any atom is 0.261 e. The lowest BCUT2D eigenvalue weighted by atomic mass is 9.90. The van der Waals surface area contributed by atoms with Gasteiger partial charge in [0.1, 0.15) is 5.75 Å². The molecule has 1 aliphatic rings. The Morgan fingerprint density at radius 2 is 1.91 bits per heavy atom. The van der Waals surface area contributed by atoms with E-state index in [-0.39, 0.29) is 23.9 Å². The number of benzene rings is 2. The first-order valence-corrected chi connectivity index (χ1v) is 11.0. The molecule has 1 atom stereocenters. The third kappa shape index (κ3) is 4.67. The van der Waals surface area contributed by atoms with Crippen molar-refractivity contribution >= 4 is 16.8 Å². The molecule has 1 fully saturated rings. The maximum absolute atomic E-state index is 12.9. The topological polar surface area (TPSA) is 84.7 Å². The first-order chi connectivity index (χ1) is 15.4. The van der Waals surface area contributed by atoms with Gasteiger partial charge in [0.05, 0.1) is 36.5 Å². The standard InChI is InChI=1S/C25H29N3O4/c1-18(19-6-4-3-5-7-19)14-23(29)27-12-10-25(31,11-13-27)16-28-17-26-22-15-20(32-2)8-9-21(22)24(28)30/h3-9,15,17-18,31H,10-14,16H2,1-2H3/t18-/m1/s1. The number of carbonyl (C=O) groups excluding carboxylic acids is 1. The number of rotatable bonds is 6. The lowest BCUT2D eigenvalue weighted by Gasteiger charge is -2.38. The summed E-state index contributed by atoms with van der Waals surface area (Å²) >= 11 is 0. The average molecular weight is 436 g/mol. The van der Waals surface area contributed by atoms with Crippen LogP contribution in [-0.4, -0.2) is 51.3 Å². The molecule has 0 radical (unpaired) electrons. The molecule has 0 bridgehead atoms. The van der Waals surface area contributed by atoms with E-state index < -0.39 is 5.60 Å². The smallest absolute Gasteiger partial charge is 0.261 e. The van der Waals surface area contributed by atoms with Gasteiger partial charge in [0, 0.05) is 25.6 Å². The van der Waals surface area contributed by atoms with E-state index in [4.69, 9.17) is 4.74 Å². The second-order valence-electron chi connectivity index (χ2n) is 8.68. The van der Waals surface area contributed by atoms with Crippen LogP contribution in [0.3, 0.4) is 0 Å². The monoisotopic (exact) mass is 435 g/mol. The molecular weight excluding hydrogens is 406 g/mol. The van der Waals surface area contributed by atoms with Gasteiger partial charge in [0.15, 0.2) is 0 Å². The fourth-order valence-electron chi connectivity index (χ4n) is 4.32. The van der Waals surface area contributed by atoms with Crippen LogP contribution >= 0.6 is 0 Å². The third-order valence-electron chi connectivity index (χ3n) is 6.39. The summed E-state index contributed by atoms with van der Waals surface area (Å²) in [7, 11) is 1.57. The van der Waals surface area contributed by atoms with Gasteiger partial charge >= 0.3 is 0 Å². The number of likely N-dealkylation sites (tertiary alicyclic amines) is 1. The van der Waals surface area contributed by atoms with Crippen molar-refractivity contribution in [2.45, 2.75) is 44.2 Å². The molecule has 7 nitrogen and oxygen atoms in total. The van der Waals surface area contributed by atoms with Crippen molar-refractivity contribution in [2.75, 3.05) is 20.2 Å². The number of hydrogen-bond acceptors (Lipinski definition) is 5. The van der Waals surface area contributed by atoms with Crippen molar-refractivity contribution in [2.24, 2.45) is 0 Å². The summed E-state index contributed by atoms with van der Waals surface area (Å²) in [5.74, 6) is 0.881. The van der Waals surface area contributed by atoms with Gasteiger partial charge in [-0.15, -0.1) is 0 Å². The predicted molar refractivity (Wildman–Crippen MR) is 123 cm³/mol. The Labute approximate surface area is 187 Å². The number of hydrogen-bond donors (Lipinski definition) is 1. The highest BCUT2D eigenvalue weighted by atomic mass is 16.5. The second-order valence-corrected chi connectivity index (χ2v) is 8.68. The summed E-state index contributed by atoms with van der Waals surface area (Å²) < 4.78 is 6.65. The molecule has 7 heteroatoms. The van der Waals surface area contributed by atoms with Crippen LogP contribution in [0.5, 0.6) is 5.75 Å². The van der Waals surface area contributed by atoms with Crippen molar-refractivity contribution in [1.82, 2.24) is 14.5 Å². The Hall–Kier alpha value is -3.19. The van der Waals surface area contributed by atoms with Crippen LogP contribution in [0.25, 0.3) is 10.9 Å². The Bertz CT molecular complexity index is 1150. The largest absolute Gasteiger partial charge is 0.497 e. The quantitative estimate of drug-likeness (QED) is 0.644. The summed E-state index contributed by atoms with van der Waals surface area (Å²) in [6.45, 7) is 3.17. The molecule has 1 amide bonds. The van der Waals surface area contributed by atoms with E-state index in [0.717, 1.165) is 5.56 Å². The number of nitrogens with zero attached hydrogens (tertiary/aromatic N) is 3. The van der Waals surface area contributed by atoms with Gasteiger partial charge in [0.2, 0.25) is 5.91 Å². The highest BCUT2D eigenvalue weighted by Gasteiger charge is 2.35. The molecule has 168 valence electrons. The highest BCUT2D eigenvalue weighted by Crippen LogP contribution is 2.26. The first kappa shape index (κ1) is 22.0. The van der Waals surface area contributed by atoms with Crippen LogP contribution in [-0.2, 0) is 11.3 Å². The van der Waals surface area contributed by atoms with Crippen molar-refractivity contribution in [1.29, 1.82) is 0 Å². The molecule has 32 heavy (non-hydrogen) atoms. The fourth-order valence-corrected chi connectivity index (χ4v) is 4.32. The predicted octanol–water partition coefficient (Wildman–Crippen LogP) is 2.95. The molecule has 1 saturated heterocycles. The Balaban J connectivity index is 1.39. The molecule has 0 unspecified atom stereocenters. The lowest BCUT2D eigenvalue weighted by Crippen LogP contribution is -2.49. The van der Waals surface area contributed by atoms with E-state index in [9.17, 15) is 14.7 Å². The molecule has 0 spiro atoms. The number of amides is 1. The zero-order chi connectivity index (χ0) is 22.7. The highest BCUT2D eigenvalue weighted by molar-refractivity contribution is 5.79. The number of methoxy groups -OCH3 is 1. The Morgan fingerprint density at radius 3 is 2.59 bits per heavy atom. The van der Waals surface area contributed by atoms with E-state index in [2.05, 4.69) is 11.9 Å². The molecule has 1 N–H and O–H groups in total. The molecule has 3 aromatic rings. The van der Waals surface area contributed by atoms with Crippen LogP contribution < -0.4 is 10.3 Å². The van der Waals surface area contributed by atoms with Gasteiger partial charge < -0.3 is 14.7 Å². The molecule has 2 heterocycles. The number of aromatic nitrogens is 2. The van der Waals surface area contributed by atoms with Gasteiger partial charge in [-0.05, 0) is 36.5 Å². The minimum atomic E-state index is -1.05. The fraction of sp³-hybridized carbons (Fsp3) is 0.400. The Kier molecular flexibility index (Phi) is 6.28. The zero-order valence-corrected chi connectivity index (χ0v) is 18.5. The van der Waals surface area contributed by atoms with Crippen molar-refractivity contribution in [3.8, 4) is 5.75 Å². The summed E-state index contributed by atoms with van der Waals surface area (Å²) in [5.41, 5.74) is 0.468. The van der Waals surface area contributed by atoms with Crippen LogP contribution in [0, 0.1) is 0 Å². The molecule has 2 aromatic carbocycles. The summed E-state index contributed by atoms with van der Waals surface area (Å²) in [6, 6.07) is 15.2. The maximum atomic E-state index is 12.9. The van der Waals surface area contributed by atoms with Crippen LogP contribution in [0.2, 0.25) is 0 Å². The number of piperidine rings is 1. The van der Waals surface area contributed by atoms with Gasteiger partial charge in [-0.1, -0.05) is 37.3 Å². The lowest BCUT2D eigenvalue weighted by molar-refractivity contribution is -0.136. The SMILES string of the molecule is COc1ccc2c(=O)n(CC3(O)CCN(C(=O)C[C@@H](C)c4ccccc4)CC3)cnc2c1. The molecule has 1 aromatic heterocycles. The number of ether oxygens (including phenoxy) is 1.